The van der Waals surface area contributed by atoms with Crippen molar-refractivity contribution in [3.8, 4) is 5.75 Å². The van der Waals surface area contributed by atoms with Crippen LogP contribution in [0.1, 0.15) is 37.8 Å². The van der Waals surface area contributed by atoms with Gasteiger partial charge in [0.05, 0.1) is 12.3 Å². The van der Waals surface area contributed by atoms with E-state index in [4.69, 9.17) is 10.5 Å². The maximum Gasteiger partial charge on any atom is 0.145 e. The third-order valence-electron chi connectivity index (χ3n) is 3.07. The predicted molar refractivity (Wildman–Crippen MR) is 69.9 cm³/mol. The summed E-state index contributed by atoms with van der Waals surface area (Å²) in [4.78, 5) is 0. The smallest absolute Gasteiger partial charge is 0.145 e. The zero-order valence-electron chi connectivity index (χ0n) is 10.8. The number of aryl methyl sites for hydroxylation is 2. The molecule has 1 rings (SSSR count). The number of rotatable bonds is 5. The molecule has 1 aromatic rings. The van der Waals surface area contributed by atoms with Gasteiger partial charge in [-0.15, -0.1) is 0 Å². The minimum atomic E-state index is 0.625. The molecule has 0 aromatic heterocycles. The highest BCUT2D eigenvalue weighted by molar-refractivity contribution is 5.58. The first-order valence-electron chi connectivity index (χ1n) is 6.08. The molecule has 0 fully saturated rings. The molecule has 2 nitrogen and oxygen atoms in total. The van der Waals surface area contributed by atoms with Crippen molar-refractivity contribution in [2.24, 2.45) is 5.92 Å². The quantitative estimate of drug-likeness (QED) is 0.769. The number of benzene rings is 1. The van der Waals surface area contributed by atoms with Gasteiger partial charge in [0, 0.05) is 0 Å². The van der Waals surface area contributed by atoms with E-state index in [2.05, 4.69) is 19.9 Å². The van der Waals surface area contributed by atoms with Gasteiger partial charge >= 0.3 is 0 Å². The Morgan fingerprint density at radius 3 is 2.31 bits per heavy atom. The van der Waals surface area contributed by atoms with Crippen LogP contribution in [0.5, 0.6) is 5.75 Å². The molecule has 0 bridgehead atoms. The third-order valence-corrected chi connectivity index (χ3v) is 3.07. The molecule has 2 heteroatoms. The van der Waals surface area contributed by atoms with E-state index in [9.17, 15) is 0 Å². The Labute approximate surface area is 98.8 Å². The molecule has 0 heterocycles. The number of nitrogens with two attached hydrogens (primary N) is 1. The van der Waals surface area contributed by atoms with Crippen molar-refractivity contribution < 1.29 is 4.74 Å². The Hall–Kier alpha value is -1.18. The third kappa shape index (κ3) is 3.16. The summed E-state index contributed by atoms with van der Waals surface area (Å²) in [5, 5.41) is 0. The lowest BCUT2D eigenvalue weighted by Crippen LogP contribution is -2.11. The summed E-state index contributed by atoms with van der Waals surface area (Å²) in [5.41, 5.74) is 9.03. The number of anilines is 1. The Kier molecular flexibility index (Phi) is 4.66. The van der Waals surface area contributed by atoms with Crippen LogP contribution >= 0.6 is 0 Å². The number of hydrogen-bond donors (Lipinski definition) is 1. The minimum absolute atomic E-state index is 0.625. The molecular formula is C14H23NO. The van der Waals surface area contributed by atoms with Crippen LogP contribution in [0, 0.1) is 19.8 Å². The summed E-state index contributed by atoms with van der Waals surface area (Å²) in [6, 6.07) is 4.08. The van der Waals surface area contributed by atoms with Crippen LogP contribution in [0.4, 0.5) is 5.69 Å². The van der Waals surface area contributed by atoms with E-state index < -0.39 is 0 Å². The van der Waals surface area contributed by atoms with Gasteiger partial charge in [0.2, 0.25) is 0 Å². The fourth-order valence-corrected chi connectivity index (χ4v) is 1.91. The van der Waals surface area contributed by atoms with Crippen LogP contribution in [-0.4, -0.2) is 6.61 Å². The van der Waals surface area contributed by atoms with Crippen molar-refractivity contribution in [1.29, 1.82) is 0 Å². The summed E-state index contributed by atoms with van der Waals surface area (Å²) in [7, 11) is 0. The molecular weight excluding hydrogens is 198 g/mol. The molecule has 0 amide bonds. The van der Waals surface area contributed by atoms with E-state index in [0.29, 0.717) is 5.92 Å². The standard InChI is InChI=1S/C14H23NO/c1-5-12(6-2)9-16-14-11(4)7-10(3)8-13(14)15/h7-8,12H,5-6,9,15H2,1-4H3. The first-order chi connectivity index (χ1) is 7.58. The minimum Gasteiger partial charge on any atom is -0.491 e. The van der Waals surface area contributed by atoms with E-state index in [-0.39, 0.29) is 0 Å². The van der Waals surface area contributed by atoms with Crippen LogP contribution in [0.3, 0.4) is 0 Å². The van der Waals surface area contributed by atoms with Crippen LogP contribution in [0.2, 0.25) is 0 Å². The average Bonchev–Trinajstić information content (AvgIpc) is 2.22. The van der Waals surface area contributed by atoms with E-state index in [1.807, 2.05) is 19.9 Å². The number of nitrogen functional groups attached to an aromatic ring is 1. The fourth-order valence-electron chi connectivity index (χ4n) is 1.91. The van der Waals surface area contributed by atoms with Gasteiger partial charge in [-0.1, -0.05) is 32.8 Å². The largest absolute Gasteiger partial charge is 0.491 e. The Morgan fingerprint density at radius 1 is 1.19 bits per heavy atom. The van der Waals surface area contributed by atoms with Gasteiger partial charge in [0.25, 0.3) is 0 Å². The monoisotopic (exact) mass is 221 g/mol. The molecule has 0 aliphatic heterocycles. The predicted octanol–water partition coefficient (Wildman–Crippen LogP) is 3.70. The highest BCUT2D eigenvalue weighted by atomic mass is 16.5. The lowest BCUT2D eigenvalue weighted by Gasteiger charge is -2.17. The Morgan fingerprint density at radius 2 is 1.81 bits per heavy atom. The number of ether oxygens (including phenoxy) is 1. The lowest BCUT2D eigenvalue weighted by molar-refractivity contribution is 0.240. The normalized spacial score (nSPS) is 10.8. The fraction of sp³-hybridized carbons (Fsp3) is 0.571. The lowest BCUT2D eigenvalue weighted by atomic mass is 10.1. The molecule has 0 saturated carbocycles. The maximum absolute atomic E-state index is 5.97. The zero-order chi connectivity index (χ0) is 12.1. The highest BCUT2D eigenvalue weighted by Crippen LogP contribution is 2.28. The van der Waals surface area contributed by atoms with Gasteiger partial charge in [-0.05, 0) is 37.0 Å². The van der Waals surface area contributed by atoms with Gasteiger partial charge in [-0.2, -0.15) is 0 Å². The van der Waals surface area contributed by atoms with Crippen molar-refractivity contribution in [1.82, 2.24) is 0 Å². The topological polar surface area (TPSA) is 35.2 Å². The maximum atomic E-state index is 5.97. The second-order valence-corrected chi connectivity index (χ2v) is 4.49. The number of hydrogen-bond acceptors (Lipinski definition) is 2. The second-order valence-electron chi connectivity index (χ2n) is 4.49. The average molecular weight is 221 g/mol. The summed E-state index contributed by atoms with van der Waals surface area (Å²) in [6.07, 6.45) is 2.31. The van der Waals surface area contributed by atoms with Crippen molar-refractivity contribution in [3.63, 3.8) is 0 Å². The molecule has 16 heavy (non-hydrogen) atoms. The molecule has 0 saturated heterocycles. The Bertz CT molecular complexity index is 320. The van der Waals surface area contributed by atoms with Crippen LogP contribution in [0.15, 0.2) is 12.1 Å². The van der Waals surface area contributed by atoms with Crippen LogP contribution in [0.25, 0.3) is 0 Å². The molecule has 0 spiro atoms. The first-order valence-corrected chi connectivity index (χ1v) is 6.08. The summed E-state index contributed by atoms with van der Waals surface area (Å²) in [5.74, 6) is 1.48. The van der Waals surface area contributed by atoms with Crippen molar-refractivity contribution in [2.45, 2.75) is 40.5 Å². The van der Waals surface area contributed by atoms with E-state index >= 15 is 0 Å². The van der Waals surface area contributed by atoms with E-state index in [0.717, 1.165) is 36.4 Å². The molecule has 90 valence electrons. The zero-order valence-corrected chi connectivity index (χ0v) is 10.8. The highest BCUT2D eigenvalue weighted by Gasteiger charge is 2.09. The molecule has 0 radical (unpaired) electrons. The van der Waals surface area contributed by atoms with Crippen molar-refractivity contribution in [2.75, 3.05) is 12.3 Å². The second kappa shape index (κ2) is 5.78. The van der Waals surface area contributed by atoms with E-state index in [1.54, 1.807) is 0 Å². The van der Waals surface area contributed by atoms with Crippen molar-refractivity contribution >= 4 is 5.69 Å². The van der Waals surface area contributed by atoms with Gasteiger partial charge in [0.1, 0.15) is 5.75 Å². The molecule has 0 aliphatic rings. The van der Waals surface area contributed by atoms with Crippen LogP contribution < -0.4 is 10.5 Å². The van der Waals surface area contributed by atoms with Gasteiger partial charge < -0.3 is 10.5 Å². The summed E-state index contributed by atoms with van der Waals surface area (Å²) < 4.78 is 5.84. The summed E-state index contributed by atoms with van der Waals surface area (Å²) in [6.45, 7) is 9.26. The van der Waals surface area contributed by atoms with Gasteiger partial charge in [-0.3, -0.25) is 0 Å². The van der Waals surface area contributed by atoms with Crippen LogP contribution in [-0.2, 0) is 0 Å². The van der Waals surface area contributed by atoms with E-state index in [1.165, 1.54) is 5.56 Å². The van der Waals surface area contributed by atoms with Gasteiger partial charge in [-0.25, -0.2) is 0 Å². The van der Waals surface area contributed by atoms with Gasteiger partial charge in [0.15, 0.2) is 0 Å². The Balaban J connectivity index is 2.74. The SMILES string of the molecule is CCC(CC)COc1c(C)cc(C)cc1N. The molecule has 0 unspecified atom stereocenters. The molecule has 0 aliphatic carbocycles. The molecule has 1 aromatic carbocycles. The first kappa shape index (κ1) is 12.9. The molecule has 0 atom stereocenters. The van der Waals surface area contributed by atoms with Crippen molar-refractivity contribution in [3.05, 3.63) is 23.3 Å². The summed E-state index contributed by atoms with van der Waals surface area (Å²) >= 11 is 0. The molecule has 2 N–H and O–H groups in total.